The van der Waals surface area contributed by atoms with Gasteiger partial charge in [0, 0.05) is 35.4 Å². The zero-order chi connectivity index (χ0) is 19.4. The molecule has 0 unspecified atom stereocenters. The minimum Gasteiger partial charge on any atom is -0.337 e. The van der Waals surface area contributed by atoms with Crippen LogP contribution in [-0.2, 0) is 11.2 Å². The lowest BCUT2D eigenvalue weighted by molar-refractivity contribution is -0.118. The van der Waals surface area contributed by atoms with Crippen LogP contribution in [0, 0.1) is 12.7 Å². The Morgan fingerprint density at radius 2 is 1.96 bits per heavy atom. The number of urea groups is 1. The van der Waals surface area contributed by atoms with Gasteiger partial charge in [0.1, 0.15) is 5.82 Å². The predicted molar refractivity (Wildman–Crippen MR) is 108 cm³/mol. The Morgan fingerprint density at radius 1 is 1.22 bits per heavy atom. The molecule has 0 bridgehead atoms. The third-order valence-corrected chi connectivity index (χ3v) is 5.00. The summed E-state index contributed by atoms with van der Waals surface area (Å²) in [5, 5.41) is 5.41. The summed E-state index contributed by atoms with van der Waals surface area (Å²) < 4.78 is 14.5. The molecule has 2 N–H and O–H groups in total. The van der Waals surface area contributed by atoms with Gasteiger partial charge in [-0.25, -0.2) is 9.18 Å². The van der Waals surface area contributed by atoms with Gasteiger partial charge in [-0.1, -0.05) is 15.9 Å². The third kappa shape index (κ3) is 4.86. The number of carbonyl (C=O) groups is 2. The molecule has 3 amide bonds. The number of nitrogens with one attached hydrogen (secondary N) is 2. The second kappa shape index (κ2) is 8.52. The van der Waals surface area contributed by atoms with E-state index >= 15 is 0 Å². The number of nitrogens with zero attached hydrogens (tertiary/aromatic N) is 1. The molecule has 5 nitrogen and oxygen atoms in total. The van der Waals surface area contributed by atoms with Crippen LogP contribution in [0.15, 0.2) is 40.9 Å². The first-order chi connectivity index (χ1) is 12.9. The lowest BCUT2D eigenvalue weighted by Crippen LogP contribution is -2.39. The zero-order valence-corrected chi connectivity index (χ0v) is 16.6. The largest absolute Gasteiger partial charge is 0.337 e. The average molecular weight is 434 g/mol. The Bertz CT molecular complexity index is 855. The van der Waals surface area contributed by atoms with Gasteiger partial charge < -0.3 is 15.5 Å². The number of halogens is 2. The first-order valence-corrected chi connectivity index (χ1v) is 9.63. The van der Waals surface area contributed by atoms with Crippen LogP contribution in [0.1, 0.15) is 24.0 Å². The van der Waals surface area contributed by atoms with E-state index in [4.69, 9.17) is 0 Å². The van der Waals surface area contributed by atoms with Crippen LogP contribution in [0.3, 0.4) is 0 Å². The van der Waals surface area contributed by atoms with E-state index in [-0.39, 0.29) is 30.7 Å². The van der Waals surface area contributed by atoms with E-state index in [0.29, 0.717) is 12.2 Å². The fourth-order valence-electron chi connectivity index (χ4n) is 3.30. The van der Waals surface area contributed by atoms with Gasteiger partial charge in [0.15, 0.2) is 0 Å². The highest BCUT2D eigenvalue weighted by molar-refractivity contribution is 9.10. The normalized spacial score (nSPS) is 13.1. The number of hydrogen-bond acceptors (Lipinski definition) is 2. The maximum Gasteiger partial charge on any atom is 0.319 e. The van der Waals surface area contributed by atoms with E-state index in [1.807, 2.05) is 19.1 Å². The maximum atomic E-state index is 13.6. The van der Waals surface area contributed by atoms with Gasteiger partial charge in [-0.2, -0.15) is 0 Å². The lowest BCUT2D eigenvalue weighted by Gasteiger charge is -2.31. The number of amides is 3. The number of anilines is 2. The summed E-state index contributed by atoms with van der Waals surface area (Å²) >= 11 is 3.34. The molecule has 0 aliphatic carbocycles. The van der Waals surface area contributed by atoms with E-state index in [2.05, 4.69) is 26.6 Å². The molecular weight excluding hydrogens is 413 g/mol. The van der Waals surface area contributed by atoms with Crippen molar-refractivity contribution in [1.29, 1.82) is 0 Å². The van der Waals surface area contributed by atoms with Gasteiger partial charge in [-0.05, 0) is 67.3 Å². The van der Waals surface area contributed by atoms with E-state index in [9.17, 15) is 14.0 Å². The Labute approximate surface area is 166 Å². The summed E-state index contributed by atoms with van der Waals surface area (Å²) in [5.41, 5.74) is 3.11. The lowest BCUT2D eigenvalue weighted by atomic mass is 9.97. The van der Waals surface area contributed by atoms with Crippen molar-refractivity contribution in [2.24, 2.45) is 0 Å². The topological polar surface area (TPSA) is 61.4 Å². The highest BCUT2D eigenvalue weighted by Crippen LogP contribution is 2.31. The monoisotopic (exact) mass is 433 g/mol. The summed E-state index contributed by atoms with van der Waals surface area (Å²) in [7, 11) is 0. The Morgan fingerprint density at radius 3 is 2.70 bits per heavy atom. The zero-order valence-electron chi connectivity index (χ0n) is 15.0. The van der Waals surface area contributed by atoms with Crippen LogP contribution < -0.4 is 15.5 Å². The second-order valence-electron chi connectivity index (χ2n) is 6.52. The predicted octanol–water partition coefficient (Wildman–Crippen LogP) is 4.39. The van der Waals surface area contributed by atoms with Crippen molar-refractivity contribution in [1.82, 2.24) is 5.32 Å². The van der Waals surface area contributed by atoms with Crippen molar-refractivity contribution in [3.8, 4) is 0 Å². The summed E-state index contributed by atoms with van der Waals surface area (Å²) in [5.74, 6) is -0.346. The van der Waals surface area contributed by atoms with Crippen molar-refractivity contribution >= 4 is 39.2 Å². The first-order valence-electron chi connectivity index (χ1n) is 8.84. The van der Waals surface area contributed by atoms with E-state index in [0.717, 1.165) is 34.1 Å². The molecule has 0 aromatic heterocycles. The third-order valence-electron chi connectivity index (χ3n) is 4.47. The van der Waals surface area contributed by atoms with Crippen molar-refractivity contribution in [2.45, 2.75) is 26.2 Å². The van der Waals surface area contributed by atoms with E-state index in [1.54, 1.807) is 17.0 Å². The Kier molecular flexibility index (Phi) is 6.11. The van der Waals surface area contributed by atoms with Gasteiger partial charge in [0.25, 0.3) is 0 Å². The number of rotatable bonds is 4. The van der Waals surface area contributed by atoms with E-state index in [1.165, 1.54) is 12.1 Å². The maximum absolute atomic E-state index is 13.6. The molecule has 0 radical (unpaired) electrons. The Balaban J connectivity index is 1.54. The number of hydrogen-bond donors (Lipinski definition) is 2. The molecule has 0 fully saturated rings. The molecule has 27 heavy (non-hydrogen) atoms. The average Bonchev–Trinajstić information content (AvgIpc) is 2.62. The summed E-state index contributed by atoms with van der Waals surface area (Å²) in [6.07, 6.45) is 1.76. The highest BCUT2D eigenvalue weighted by Gasteiger charge is 2.24. The fourth-order valence-corrected chi connectivity index (χ4v) is 3.56. The number of carbonyl (C=O) groups excluding carboxylic acids is 2. The van der Waals surface area contributed by atoms with Crippen LogP contribution in [0.5, 0.6) is 0 Å². The molecule has 0 saturated carbocycles. The highest BCUT2D eigenvalue weighted by atomic mass is 79.9. The molecule has 3 rings (SSSR count). The van der Waals surface area contributed by atoms with Crippen LogP contribution in [-0.4, -0.2) is 25.0 Å². The van der Waals surface area contributed by atoms with Gasteiger partial charge in [-0.15, -0.1) is 0 Å². The van der Waals surface area contributed by atoms with Gasteiger partial charge in [0.2, 0.25) is 5.91 Å². The minimum absolute atomic E-state index is 0.0744. The van der Waals surface area contributed by atoms with E-state index < -0.39 is 0 Å². The minimum atomic E-state index is -0.359. The van der Waals surface area contributed by atoms with Gasteiger partial charge >= 0.3 is 6.03 Å². The molecule has 1 aliphatic rings. The first kappa shape index (κ1) is 19.4. The van der Waals surface area contributed by atoms with Crippen LogP contribution in [0.2, 0.25) is 0 Å². The van der Waals surface area contributed by atoms with Crippen molar-refractivity contribution in [3.05, 3.63) is 57.8 Å². The van der Waals surface area contributed by atoms with Crippen LogP contribution in [0.4, 0.5) is 20.6 Å². The molecule has 0 saturated heterocycles. The van der Waals surface area contributed by atoms with Crippen molar-refractivity contribution in [3.63, 3.8) is 0 Å². The summed E-state index contributed by atoms with van der Waals surface area (Å²) in [6.45, 7) is 2.66. The number of benzene rings is 2. The summed E-state index contributed by atoms with van der Waals surface area (Å²) in [4.78, 5) is 26.3. The van der Waals surface area contributed by atoms with Crippen molar-refractivity contribution < 1.29 is 14.0 Å². The standard InChI is InChI=1S/C20H21BrFN3O2/c1-13-11-16(22)12-14-3-2-10-25(19(13)14)18(26)8-9-23-20(27)24-17-6-4-15(21)5-7-17/h4-7,11-12H,2-3,8-10H2,1H3,(H2,23,24,27). The molecule has 142 valence electrons. The van der Waals surface area contributed by atoms with Crippen LogP contribution >= 0.6 is 15.9 Å². The SMILES string of the molecule is Cc1cc(F)cc2c1N(C(=O)CCNC(=O)Nc1ccc(Br)cc1)CCC2. The number of fused-ring (bicyclic) bond motifs is 1. The summed E-state index contributed by atoms with van der Waals surface area (Å²) in [6, 6.07) is 9.82. The van der Waals surface area contributed by atoms with Gasteiger partial charge in [-0.3, -0.25) is 4.79 Å². The molecule has 1 aliphatic heterocycles. The van der Waals surface area contributed by atoms with Gasteiger partial charge in [0.05, 0.1) is 0 Å². The van der Waals surface area contributed by atoms with Crippen molar-refractivity contribution in [2.75, 3.05) is 23.3 Å². The molecule has 1 heterocycles. The molecule has 2 aromatic rings. The second-order valence-corrected chi connectivity index (χ2v) is 7.43. The Hall–Kier alpha value is -2.41. The van der Waals surface area contributed by atoms with Crippen LogP contribution in [0.25, 0.3) is 0 Å². The molecule has 2 aromatic carbocycles. The smallest absolute Gasteiger partial charge is 0.319 e. The molecule has 7 heteroatoms. The molecule has 0 atom stereocenters. The fraction of sp³-hybridized carbons (Fsp3) is 0.300. The molecular formula is C20H21BrFN3O2. The molecule has 0 spiro atoms. The number of aryl methyl sites for hydroxylation is 2. The quantitative estimate of drug-likeness (QED) is 0.750.